The second-order valence-corrected chi connectivity index (χ2v) is 9.18. The smallest absolute Gasteiger partial charge is 0.309 e. The van der Waals surface area contributed by atoms with E-state index in [1.807, 2.05) is 13.8 Å². The molecule has 0 saturated heterocycles. The second kappa shape index (κ2) is 18.9. The van der Waals surface area contributed by atoms with E-state index in [0.29, 0.717) is 52.1 Å². The van der Waals surface area contributed by atoms with Gasteiger partial charge in [0.2, 0.25) is 0 Å². The molecule has 0 aromatic heterocycles. The molecule has 0 aromatic rings. The maximum absolute atomic E-state index is 12.2. The maximum atomic E-state index is 12.2. The first-order chi connectivity index (χ1) is 15.2. The second-order valence-electron chi connectivity index (χ2n) is 9.18. The molecule has 0 heterocycles. The highest BCUT2D eigenvalue weighted by atomic mass is 16.5. The highest BCUT2D eigenvalue weighted by molar-refractivity contribution is 5.74. The molecule has 0 saturated carbocycles. The fourth-order valence-corrected chi connectivity index (χ4v) is 3.81. The monoisotopic (exact) mass is 454 g/mol. The molecule has 0 aliphatic heterocycles. The molecule has 0 aliphatic carbocycles. The minimum Gasteiger partial charge on any atom is -0.481 e. The van der Waals surface area contributed by atoms with Crippen molar-refractivity contribution in [2.45, 2.75) is 97.3 Å². The number of carboxylic acids is 2. The van der Waals surface area contributed by atoms with E-state index in [-0.39, 0.29) is 6.42 Å². The van der Waals surface area contributed by atoms with Gasteiger partial charge in [-0.05, 0) is 52.4 Å². The van der Waals surface area contributed by atoms with Gasteiger partial charge in [-0.15, -0.1) is 0 Å². The summed E-state index contributed by atoms with van der Waals surface area (Å²) in [4.78, 5) is 23.2. The van der Waals surface area contributed by atoms with E-state index in [1.54, 1.807) is 0 Å². The highest BCUT2D eigenvalue weighted by Gasteiger charge is 2.36. The summed E-state index contributed by atoms with van der Waals surface area (Å²) >= 11 is 0. The van der Waals surface area contributed by atoms with Gasteiger partial charge in [0.1, 0.15) is 0 Å². The highest BCUT2D eigenvalue weighted by Crippen LogP contribution is 2.37. The van der Waals surface area contributed by atoms with Crippen LogP contribution < -0.4 is 0 Å². The van der Waals surface area contributed by atoms with Crippen LogP contribution in [0, 0.1) is 5.41 Å². The standard InChI is InChI=1S/C26H46O6/c1-22(2)20-31-18-11-7-5-9-15-26(25(29)30,17-13-14-24(27)28)16-10-6-8-12-19-32-21-23(3)4/h1,3,5-21H2,2,4H3,(H,27,28)(H,29,30). The van der Waals surface area contributed by atoms with E-state index in [2.05, 4.69) is 13.2 Å². The first kappa shape index (κ1) is 30.3. The van der Waals surface area contributed by atoms with E-state index in [0.717, 1.165) is 62.5 Å². The number of hydrogen-bond donors (Lipinski definition) is 2. The van der Waals surface area contributed by atoms with E-state index >= 15 is 0 Å². The number of unbranched alkanes of at least 4 members (excludes halogenated alkanes) is 6. The van der Waals surface area contributed by atoms with Crippen molar-refractivity contribution in [3.63, 3.8) is 0 Å². The minimum absolute atomic E-state index is 0.0230. The van der Waals surface area contributed by atoms with Crippen LogP contribution in [0.25, 0.3) is 0 Å². The third-order valence-corrected chi connectivity index (χ3v) is 5.58. The SMILES string of the molecule is C=C(C)COCCCCCCC(CCCCCCOCC(=C)C)(CCCC(=O)O)C(=O)O. The molecule has 0 rings (SSSR count). The van der Waals surface area contributed by atoms with Crippen LogP contribution in [0.1, 0.15) is 97.3 Å². The lowest BCUT2D eigenvalue weighted by Crippen LogP contribution is -2.31. The van der Waals surface area contributed by atoms with Crippen molar-refractivity contribution in [3.8, 4) is 0 Å². The quantitative estimate of drug-likeness (QED) is 0.137. The molecule has 0 radical (unpaired) electrons. The normalized spacial score (nSPS) is 11.4. The molecule has 0 atom stereocenters. The molecule has 0 spiro atoms. The molecule has 6 heteroatoms. The fourth-order valence-electron chi connectivity index (χ4n) is 3.81. The molecule has 2 N–H and O–H groups in total. The van der Waals surface area contributed by atoms with Gasteiger partial charge in [-0.3, -0.25) is 9.59 Å². The Bertz CT molecular complexity index is 525. The van der Waals surface area contributed by atoms with Crippen molar-refractivity contribution in [2.24, 2.45) is 5.41 Å². The zero-order valence-corrected chi connectivity index (χ0v) is 20.5. The number of ether oxygens (including phenoxy) is 2. The summed E-state index contributed by atoms with van der Waals surface area (Å²) in [7, 11) is 0. The van der Waals surface area contributed by atoms with Crippen molar-refractivity contribution in [1.29, 1.82) is 0 Å². The lowest BCUT2D eigenvalue weighted by atomic mass is 9.74. The van der Waals surface area contributed by atoms with Crippen LogP contribution in [0.15, 0.2) is 24.3 Å². The molecule has 6 nitrogen and oxygen atoms in total. The van der Waals surface area contributed by atoms with Crippen LogP contribution in [-0.2, 0) is 19.1 Å². The molecule has 32 heavy (non-hydrogen) atoms. The summed E-state index contributed by atoms with van der Waals surface area (Å²) in [5.41, 5.74) is 1.21. The van der Waals surface area contributed by atoms with Crippen molar-refractivity contribution in [1.82, 2.24) is 0 Å². The summed E-state index contributed by atoms with van der Waals surface area (Å²) < 4.78 is 11.0. The molecule has 0 aliphatic rings. The van der Waals surface area contributed by atoms with Gasteiger partial charge in [0.05, 0.1) is 18.6 Å². The Kier molecular flexibility index (Phi) is 17.9. The van der Waals surface area contributed by atoms with Gasteiger partial charge in [0.25, 0.3) is 0 Å². The van der Waals surface area contributed by atoms with Crippen molar-refractivity contribution < 1.29 is 29.3 Å². The Morgan fingerprint density at radius 3 is 1.47 bits per heavy atom. The minimum atomic E-state index is -0.867. The molecule has 0 aromatic carbocycles. The van der Waals surface area contributed by atoms with Gasteiger partial charge in [-0.1, -0.05) is 62.8 Å². The first-order valence-corrected chi connectivity index (χ1v) is 12.1. The lowest BCUT2D eigenvalue weighted by molar-refractivity contribution is -0.151. The summed E-state index contributed by atoms with van der Waals surface area (Å²) in [6, 6.07) is 0. The zero-order valence-electron chi connectivity index (χ0n) is 20.5. The predicted octanol–water partition coefficient (Wildman–Crippen LogP) is 6.40. The summed E-state index contributed by atoms with van der Waals surface area (Å²) in [5.74, 6) is -1.65. The molecule has 0 fully saturated rings. The van der Waals surface area contributed by atoms with Gasteiger partial charge < -0.3 is 19.7 Å². The first-order valence-electron chi connectivity index (χ1n) is 12.1. The zero-order chi connectivity index (χ0) is 24.2. The Morgan fingerprint density at radius 2 is 1.09 bits per heavy atom. The van der Waals surface area contributed by atoms with E-state index in [9.17, 15) is 14.7 Å². The van der Waals surface area contributed by atoms with Crippen LogP contribution in [0.2, 0.25) is 0 Å². The van der Waals surface area contributed by atoms with Crippen molar-refractivity contribution >= 4 is 11.9 Å². The van der Waals surface area contributed by atoms with Crippen LogP contribution in [-0.4, -0.2) is 48.6 Å². The largest absolute Gasteiger partial charge is 0.481 e. The number of hydrogen-bond acceptors (Lipinski definition) is 4. The average molecular weight is 455 g/mol. The Labute approximate surface area is 195 Å². The summed E-state index contributed by atoms with van der Waals surface area (Å²) in [6.45, 7) is 14.1. The van der Waals surface area contributed by atoms with E-state index in [4.69, 9.17) is 14.6 Å². The number of rotatable bonds is 23. The van der Waals surface area contributed by atoms with Gasteiger partial charge in [-0.25, -0.2) is 0 Å². The molecular weight excluding hydrogens is 408 g/mol. The number of carbonyl (C=O) groups is 2. The Morgan fingerprint density at radius 1 is 0.688 bits per heavy atom. The third kappa shape index (κ3) is 17.0. The molecule has 186 valence electrons. The number of aliphatic carboxylic acids is 2. The van der Waals surface area contributed by atoms with Crippen LogP contribution >= 0.6 is 0 Å². The van der Waals surface area contributed by atoms with Gasteiger partial charge in [-0.2, -0.15) is 0 Å². The maximum Gasteiger partial charge on any atom is 0.309 e. The van der Waals surface area contributed by atoms with Gasteiger partial charge in [0.15, 0.2) is 0 Å². The summed E-state index contributed by atoms with van der Waals surface area (Å²) in [6.07, 6.45) is 9.61. The fraction of sp³-hybridized carbons (Fsp3) is 0.769. The van der Waals surface area contributed by atoms with Crippen LogP contribution in [0.4, 0.5) is 0 Å². The van der Waals surface area contributed by atoms with E-state index in [1.165, 1.54) is 0 Å². The van der Waals surface area contributed by atoms with Gasteiger partial charge >= 0.3 is 11.9 Å². The van der Waals surface area contributed by atoms with Gasteiger partial charge in [0, 0.05) is 19.6 Å². The third-order valence-electron chi connectivity index (χ3n) is 5.58. The van der Waals surface area contributed by atoms with Crippen LogP contribution in [0.3, 0.4) is 0 Å². The Hall–Kier alpha value is -1.66. The number of carboxylic acid groups (broad SMARTS) is 2. The van der Waals surface area contributed by atoms with Crippen molar-refractivity contribution in [3.05, 3.63) is 24.3 Å². The molecule has 0 amide bonds. The molecule has 0 bridgehead atoms. The molecule has 0 unspecified atom stereocenters. The summed E-state index contributed by atoms with van der Waals surface area (Å²) in [5, 5.41) is 19.0. The van der Waals surface area contributed by atoms with E-state index < -0.39 is 17.4 Å². The molecular formula is C26H46O6. The van der Waals surface area contributed by atoms with Crippen LogP contribution in [0.5, 0.6) is 0 Å². The lowest BCUT2D eigenvalue weighted by Gasteiger charge is -2.30. The topological polar surface area (TPSA) is 93.1 Å². The Balaban J connectivity index is 4.43. The average Bonchev–Trinajstić information content (AvgIpc) is 2.70. The predicted molar refractivity (Wildman–Crippen MR) is 129 cm³/mol. The van der Waals surface area contributed by atoms with Crippen molar-refractivity contribution in [2.75, 3.05) is 26.4 Å².